The van der Waals surface area contributed by atoms with Crippen molar-refractivity contribution in [2.75, 3.05) is 30.1 Å². The van der Waals surface area contributed by atoms with Crippen LogP contribution in [-0.2, 0) is 0 Å². The lowest BCUT2D eigenvalue weighted by Gasteiger charge is -2.40. The molecule has 4 rings (SSSR count). The number of ether oxygens (including phenoxy) is 2. The number of hydrogen-bond donors (Lipinski definition) is 1. The Kier molecular flexibility index (Phi) is 3.32. The minimum Gasteiger partial charge on any atom is -0.454 e. The number of hydrogen-bond acceptors (Lipinski definition) is 4. The van der Waals surface area contributed by atoms with Gasteiger partial charge in [0.2, 0.25) is 6.79 Å². The average Bonchev–Trinajstić information content (AvgIpc) is 2.97. The summed E-state index contributed by atoms with van der Waals surface area (Å²) in [4.78, 5) is 2.57. The highest BCUT2D eigenvalue weighted by Crippen LogP contribution is 2.43. The van der Waals surface area contributed by atoms with Crippen LogP contribution in [0.25, 0.3) is 0 Å². The molecule has 1 aromatic rings. The van der Waals surface area contributed by atoms with E-state index in [1.807, 2.05) is 0 Å². The second-order valence-corrected chi connectivity index (χ2v) is 6.61. The molecule has 0 spiro atoms. The van der Waals surface area contributed by atoms with Crippen molar-refractivity contribution in [2.45, 2.75) is 45.1 Å². The van der Waals surface area contributed by atoms with Crippen LogP contribution in [0.2, 0.25) is 0 Å². The lowest BCUT2D eigenvalue weighted by Crippen LogP contribution is -2.44. The van der Waals surface area contributed by atoms with Gasteiger partial charge in [-0.05, 0) is 25.7 Å². The number of nitrogens with one attached hydrogen (secondary N) is 1. The van der Waals surface area contributed by atoms with Crippen LogP contribution in [0.1, 0.15) is 39.0 Å². The summed E-state index contributed by atoms with van der Waals surface area (Å²) in [6.07, 6.45) is 6.99. The van der Waals surface area contributed by atoms with Crippen LogP contribution in [0.5, 0.6) is 11.5 Å². The lowest BCUT2D eigenvalue weighted by molar-refractivity contribution is 0.174. The zero-order valence-electron chi connectivity index (χ0n) is 12.7. The third-order valence-corrected chi connectivity index (χ3v) is 5.10. The van der Waals surface area contributed by atoms with Gasteiger partial charge in [-0.25, -0.2) is 0 Å². The molecule has 114 valence electrons. The largest absolute Gasteiger partial charge is 0.454 e. The molecular formula is C17H24N2O2. The second-order valence-electron chi connectivity index (χ2n) is 6.61. The van der Waals surface area contributed by atoms with Crippen LogP contribution < -0.4 is 19.7 Å². The third-order valence-electron chi connectivity index (χ3n) is 5.10. The van der Waals surface area contributed by atoms with E-state index >= 15 is 0 Å². The molecule has 1 aliphatic carbocycles. The number of benzene rings is 1. The summed E-state index contributed by atoms with van der Waals surface area (Å²) >= 11 is 0. The van der Waals surface area contributed by atoms with Gasteiger partial charge in [0, 0.05) is 31.3 Å². The summed E-state index contributed by atoms with van der Waals surface area (Å²) in [6.45, 7) is 4.83. The molecule has 0 amide bonds. The molecule has 1 N–H and O–H groups in total. The van der Waals surface area contributed by atoms with Gasteiger partial charge in [-0.3, -0.25) is 0 Å². The van der Waals surface area contributed by atoms with Gasteiger partial charge in [0.05, 0.1) is 11.4 Å². The van der Waals surface area contributed by atoms with Gasteiger partial charge < -0.3 is 19.7 Å². The minimum absolute atomic E-state index is 0.344. The van der Waals surface area contributed by atoms with Crippen LogP contribution >= 0.6 is 0 Å². The van der Waals surface area contributed by atoms with Gasteiger partial charge in [0.15, 0.2) is 11.5 Å². The molecule has 4 nitrogen and oxygen atoms in total. The lowest BCUT2D eigenvalue weighted by atomic mass is 9.88. The summed E-state index contributed by atoms with van der Waals surface area (Å²) in [6, 6.07) is 4.78. The van der Waals surface area contributed by atoms with Crippen molar-refractivity contribution in [2.24, 2.45) is 5.92 Å². The molecule has 1 atom stereocenters. The average molecular weight is 288 g/mol. The Balaban J connectivity index is 1.61. The fourth-order valence-electron chi connectivity index (χ4n) is 3.84. The summed E-state index contributed by atoms with van der Waals surface area (Å²) in [7, 11) is 0. The maximum Gasteiger partial charge on any atom is 0.231 e. The Morgan fingerprint density at radius 2 is 1.90 bits per heavy atom. The van der Waals surface area contributed by atoms with E-state index in [1.54, 1.807) is 0 Å². The Morgan fingerprint density at radius 3 is 2.71 bits per heavy atom. The number of anilines is 2. The molecule has 2 aliphatic heterocycles. The van der Waals surface area contributed by atoms with Crippen LogP contribution in [0, 0.1) is 5.92 Å². The van der Waals surface area contributed by atoms with Crippen molar-refractivity contribution in [3.63, 3.8) is 0 Å². The van der Waals surface area contributed by atoms with Gasteiger partial charge >= 0.3 is 0 Å². The van der Waals surface area contributed by atoms with Gasteiger partial charge in [0.25, 0.3) is 0 Å². The summed E-state index contributed by atoms with van der Waals surface area (Å²) in [5.41, 5.74) is 2.47. The molecule has 3 aliphatic rings. The van der Waals surface area contributed by atoms with Crippen molar-refractivity contribution in [1.29, 1.82) is 0 Å². The molecular weight excluding hydrogens is 264 g/mol. The van der Waals surface area contributed by atoms with E-state index in [1.165, 1.54) is 50.0 Å². The Bertz CT molecular complexity index is 526. The van der Waals surface area contributed by atoms with Crippen molar-refractivity contribution in [3.05, 3.63) is 12.1 Å². The molecule has 0 bridgehead atoms. The molecule has 1 saturated carbocycles. The van der Waals surface area contributed by atoms with Crippen LogP contribution in [0.4, 0.5) is 11.4 Å². The SMILES string of the molecule is CC1CNc2cc3c(cc2N1CC1CCCCC1)OCO3. The van der Waals surface area contributed by atoms with E-state index in [9.17, 15) is 0 Å². The Hall–Kier alpha value is -1.58. The zero-order valence-corrected chi connectivity index (χ0v) is 12.7. The van der Waals surface area contributed by atoms with Gasteiger partial charge in [0.1, 0.15) is 0 Å². The molecule has 0 saturated heterocycles. The summed E-state index contributed by atoms with van der Waals surface area (Å²) in [5.74, 6) is 2.60. The van der Waals surface area contributed by atoms with E-state index < -0.39 is 0 Å². The van der Waals surface area contributed by atoms with Crippen molar-refractivity contribution in [3.8, 4) is 11.5 Å². The summed E-state index contributed by atoms with van der Waals surface area (Å²) < 4.78 is 11.1. The molecule has 0 radical (unpaired) electrons. The zero-order chi connectivity index (χ0) is 14.2. The molecule has 0 aromatic heterocycles. The maximum atomic E-state index is 5.56. The van der Waals surface area contributed by atoms with Crippen LogP contribution in [-0.4, -0.2) is 25.9 Å². The van der Waals surface area contributed by atoms with Crippen molar-refractivity contribution >= 4 is 11.4 Å². The van der Waals surface area contributed by atoms with Crippen molar-refractivity contribution in [1.82, 2.24) is 0 Å². The first-order chi connectivity index (χ1) is 10.3. The quantitative estimate of drug-likeness (QED) is 0.901. The monoisotopic (exact) mass is 288 g/mol. The smallest absolute Gasteiger partial charge is 0.231 e. The maximum absolute atomic E-state index is 5.56. The van der Waals surface area contributed by atoms with E-state index in [-0.39, 0.29) is 0 Å². The highest BCUT2D eigenvalue weighted by atomic mass is 16.7. The molecule has 1 aromatic carbocycles. The molecule has 1 fully saturated rings. The predicted octanol–water partition coefficient (Wildman–Crippen LogP) is 3.62. The highest BCUT2D eigenvalue weighted by Gasteiger charge is 2.29. The van der Waals surface area contributed by atoms with Gasteiger partial charge in [-0.2, -0.15) is 0 Å². The topological polar surface area (TPSA) is 33.7 Å². The minimum atomic E-state index is 0.344. The fraction of sp³-hybridized carbons (Fsp3) is 0.647. The first-order valence-electron chi connectivity index (χ1n) is 8.25. The molecule has 2 heterocycles. The number of nitrogens with zero attached hydrogens (tertiary/aromatic N) is 1. The van der Waals surface area contributed by atoms with E-state index in [4.69, 9.17) is 9.47 Å². The second kappa shape index (κ2) is 5.32. The fourth-order valence-corrected chi connectivity index (χ4v) is 3.84. The first kappa shape index (κ1) is 13.1. The first-order valence-corrected chi connectivity index (χ1v) is 8.25. The Morgan fingerprint density at radius 1 is 1.14 bits per heavy atom. The van der Waals surface area contributed by atoms with Crippen LogP contribution in [0.3, 0.4) is 0 Å². The predicted molar refractivity (Wildman–Crippen MR) is 84.4 cm³/mol. The Labute approximate surface area is 126 Å². The molecule has 1 unspecified atom stereocenters. The number of fused-ring (bicyclic) bond motifs is 2. The molecule has 21 heavy (non-hydrogen) atoms. The number of rotatable bonds is 2. The standard InChI is InChI=1S/C17H24N2O2/c1-12-9-18-14-7-16-17(21-11-20-16)8-15(14)19(12)10-13-5-3-2-4-6-13/h7-8,12-13,18H,2-6,9-11H2,1H3. The molecule has 4 heteroatoms. The van der Waals surface area contributed by atoms with Crippen molar-refractivity contribution < 1.29 is 9.47 Å². The summed E-state index contributed by atoms with van der Waals surface area (Å²) in [5, 5.41) is 3.53. The van der Waals surface area contributed by atoms with Crippen LogP contribution in [0.15, 0.2) is 12.1 Å². The normalized spacial score (nSPS) is 24.6. The van der Waals surface area contributed by atoms with E-state index in [0.29, 0.717) is 12.8 Å². The van der Waals surface area contributed by atoms with E-state index in [0.717, 1.165) is 24.0 Å². The third kappa shape index (κ3) is 2.41. The van der Waals surface area contributed by atoms with Gasteiger partial charge in [-0.1, -0.05) is 19.3 Å². The highest BCUT2D eigenvalue weighted by molar-refractivity contribution is 5.77. The van der Waals surface area contributed by atoms with E-state index in [2.05, 4.69) is 29.3 Å². The van der Waals surface area contributed by atoms with Gasteiger partial charge in [-0.15, -0.1) is 0 Å².